The Balaban J connectivity index is 1.97. The summed E-state index contributed by atoms with van der Waals surface area (Å²) in [5, 5.41) is 3.18. The average Bonchev–Trinajstić information content (AvgIpc) is 2.78. The van der Waals surface area contributed by atoms with Crippen LogP contribution in [0.3, 0.4) is 0 Å². The van der Waals surface area contributed by atoms with E-state index >= 15 is 0 Å². The lowest BCUT2D eigenvalue weighted by molar-refractivity contribution is 0.0547. The third kappa shape index (κ3) is 8.89. The van der Waals surface area contributed by atoms with E-state index in [1.54, 1.807) is 7.11 Å². The molecular weight excluding hydrogens is 384 g/mol. The Morgan fingerprint density at radius 2 is 1.77 bits per heavy atom. The molecule has 0 saturated heterocycles. The number of unbranched alkanes of at least 4 members (excludes halogenated alkanes) is 1. The standard InChI is InChI=1S/C21H34N6O3/c1-3-4-12-27(17-18-8-6-5-7-9-18)20-24-19(25-21(26-20)28-2)23-11-14-30-16-15-29-13-10-22/h5-9H,3-4,10-17,22H2,1-2H3,(H,23,24,25,26). The Hall–Kier alpha value is -2.49. The Kier molecular flexibility index (Phi) is 11.5. The van der Waals surface area contributed by atoms with Gasteiger partial charge in [-0.05, 0) is 12.0 Å². The molecule has 0 saturated carbocycles. The molecule has 1 aromatic heterocycles. The van der Waals surface area contributed by atoms with Crippen LogP contribution in [0.2, 0.25) is 0 Å². The topological polar surface area (TPSA) is 108 Å². The van der Waals surface area contributed by atoms with Crippen molar-refractivity contribution in [1.82, 2.24) is 15.0 Å². The van der Waals surface area contributed by atoms with Crippen molar-refractivity contribution < 1.29 is 14.2 Å². The Morgan fingerprint density at radius 1 is 1.00 bits per heavy atom. The van der Waals surface area contributed by atoms with E-state index in [4.69, 9.17) is 19.9 Å². The number of nitrogens with one attached hydrogen (secondary N) is 1. The lowest BCUT2D eigenvalue weighted by Gasteiger charge is -2.23. The molecule has 0 aliphatic carbocycles. The SMILES string of the molecule is CCCCN(Cc1ccccc1)c1nc(NCCOCCOCCN)nc(OC)n1. The van der Waals surface area contributed by atoms with Crippen LogP contribution < -0.4 is 20.7 Å². The molecule has 2 rings (SSSR count). The van der Waals surface area contributed by atoms with Gasteiger partial charge in [0.15, 0.2) is 0 Å². The molecule has 0 aliphatic rings. The molecule has 0 aliphatic heterocycles. The summed E-state index contributed by atoms with van der Waals surface area (Å²) in [7, 11) is 1.56. The zero-order chi connectivity index (χ0) is 21.4. The van der Waals surface area contributed by atoms with Crippen LogP contribution >= 0.6 is 0 Å². The summed E-state index contributed by atoms with van der Waals surface area (Å²) in [4.78, 5) is 15.5. The number of benzene rings is 1. The highest BCUT2D eigenvalue weighted by Gasteiger charge is 2.14. The molecule has 1 aromatic carbocycles. The fourth-order valence-electron chi connectivity index (χ4n) is 2.70. The molecule has 9 heteroatoms. The van der Waals surface area contributed by atoms with Gasteiger partial charge in [0.1, 0.15) is 0 Å². The van der Waals surface area contributed by atoms with Gasteiger partial charge in [-0.15, -0.1) is 0 Å². The summed E-state index contributed by atoms with van der Waals surface area (Å²) in [5.41, 5.74) is 6.58. The van der Waals surface area contributed by atoms with E-state index in [-0.39, 0.29) is 6.01 Å². The van der Waals surface area contributed by atoms with Crippen molar-refractivity contribution in [3.8, 4) is 6.01 Å². The smallest absolute Gasteiger partial charge is 0.322 e. The molecule has 1 heterocycles. The predicted molar refractivity (Wildman–Crippen MR) is 118 cm³/mol. The van der Waals surface area contributed by atoms with Crippen LogP contribution in [-0.2, 0) is 16.0 Å². The molecule has 9 nitrogen and oxygen atoms in total. The van der Waals surface area contributed by atoms with Crippen LogP contribution in [0.25, 0.3) is 0 Å². The number of aromatic nitrogens is 3. The van der Waals surface area contributed by atoms with E-state index in [0.29, 0.717) is 51.4 Å². The minimum Gasteiger partial charge on any atom is -0.467 e. The van der Waals surface area contributed by atoms with E-state index < -0.39 is 0 Å². The Morgan fingerprint density at radius 3 is 2.47 bits per heavy atom. The minimum absolute atomic E-state index is 0.285. The van der Waals surface area contributed by atoms with Crippen LogP contribution in [-0.4, -0.2) is 68.1 Å². The van der Waals surface area contributed by atoms with Crippen molar-refractivity contribution in [1.29, 1.82) is 0 Å². The van der Waals surface area contributed by atoms with Gasteiger partial charge >= 0.3 is 6.01 Å². The first-order valence-electron chi connectivity index (χ1n) is 10.4. The molecule has 0 amide bonds. The molecule has 3 N–H and O–H groups in total. The molecular formula is C21H34N6O3. The number of hydrogen-bond donors (Lipinski definition) is 2. The fourth-order valence-corrected chi connectivity index (χ4v) is 2.70. The number of nitrogens with two attached hydrogens (primary N) is 1. The molecule has 0 unspecified atom stereocenters. The number of ether oxygens (including phenoxy) is 3. The first kappa shape index (κ1) is 23.8. The van der Waals surface area contributed by atoms with Gasteiger partial charge in [-0.25, -0.2) is 0 Å². The largest absolute Gasteiger partial charge is 0.467 e. The number of methoxy groups -OCH3 is 1. The lowest BCUT2D eigenvalue weighted by atomic mass is 10.2. The predicted octanol–water partition coefficient (Wildman–Crippen LogP) is 2.09. The molecule has 0 fully saturated rings. The summed E-state index contributed by atoms with van der Waals surface area (Å²) in [6, 6.07) is 10.6. The summed E-state index contributed by atoms with van der Waals surface area (Å²) < 4.78 is 16.1. The third-order valence-corrected chi connectivity index (χ3v) is 4.23. The van der Waals surface area contributed by atoms with Crippen molar-refractivity contribution in [2.45, 2.75) is 26.3 Å². The van der Waals surface area contributed by atoms with Crippen LogP contribution in [0, 0.1) is 0 Å². The van der Waals surface area contributed by atoms with Crippen LogP contribution in [0.5, 0.6) is 6.01 Å². The van der Waals surface area contributed by atoms with Gasteiger partial charge in [0, 0.05) is 26.2 Å². The number of anilines is 2. The molecule has 2 aromatic rings. The first-order valence-corrected chi connectivity index (χ1v) is 10.4. The summed E-state index contributed by atoms with van der Waals surface area (Å²) in [6.07, 6.45) is 2.13. The van der Waals surface area contributed by atoms with Crippen molar-refractivity contribution in [2.75, 3.05) is 63.4 Å². The molecule has 30 heavy (non-hydrogen) atoms. The second-order valence-electron chi connectivity index (χ2n) is 6.65. The summed E-state index contributed by atoms with van der Waals surface area (Å²) in [5.74, 6) is 1.06. The van der Waals surface area contributed by atoms with Crippen LogP contribution in [0.1, 0.15) is 25.3 Å². The molecule has 0 bridgehead atoms. The maximum Gasteiger partial charge on any atom is 0.322 e. The molecule has 0 atom stereocenters. The van der Waals surface area contributed by atoms with Gasteiger partial charge in [-0.3, -0.25) is 0 Å². The quantitative estimate of drug-likeness (QED) is 0.396. The maximum absolute atomic E-state index is 5.53. The summed E-state index contributed by atoms with van der Waals surface area (Å²) >= 11 is 0. The number of nitrogens with zero attached hydrogens (tertiary/aromatic N) is 4. The number of rotatable bonds is 16. The molecule has 0 radical (unpaired) electrons. The highest BCUT2D eigenvalue weighted by atomic mass is 16.5. The summed E-state index contributed by atoms with van der Waals surface area (Å²) in [6.45, 7) is 6.95. The lowest BCUT2D eigenvalue weighted by Crippen LogP contribution is -2.27. The molecule has 0 spiro atoms. The third-order valence-electron chi connectivity index (χ3n) is 4.23. The van der Waals surface area contributed by atoms with E-state index in [9.17, 15) is 0 Å². The van der Waals surface area contributed by atoms with Crippen LogP contribution in [0.4, 0.5) is 11.9 Å². The van der Waals surface area contributed by atoms with Gasteiger partial charge < -0.3 is 30.2 Å². The second-order valence-corrected chi connectivity index (χ2v) is 6.65. The van der Waals surface area contributed by atoms with Crippen molar-refractivity contribution in [3.05, 3.63) is 35.9 Å². The normalized spacial score (nSPS) is 10.8. The van der Waals surface area contributed by atoms with Gasteiger partial charge in [-0.1, -0.05) is 43.7 Å². The first-order chi connectivity index (χ1) is 14.8. The van der Waals surface area contributed by atoms with Gasteiger partial charge in [-0.2, -0.15) is 15.0 Å². The highest BCUT2D eigenvalue weighted by molar-refractivity contribution is 5.39. The number of hydrogen-bond acceptors (Lipinski definition) is 9. The van der Waals surface area contributed by atoms with Gasteiger partial charge in [0.25, 0.3) is 0 Å². The van der Waals surface area contributed by atoms with Gasteiger partial charge in [0.2, 0.25) is 11.9 Å². The van der Waals surface area contributed by atoms with Gasteiger partial charge in [0.05, 0.1) is 33.5 Å². The zero-order valence-corrected chi connectivity index (χ0v) is 18.0. The second kappa shape index (κ2) is 14.5. The van der Waals surface area contributed by atoms with Crippen LogP contribution in [0.15, 0.2) is 30.3 Å². The monoisotopic (exact) mass is 418 g/mol. The fraction of sp³-hybridized carbons (Fsp3) is 0.571. The molecule has 166 valence electrons. The minimum atomic E-state index is 0.285. The van der Waals surface area contributed by atoms with Crippen molar-refractivity contribution in [3.63, 3.8) is 0 Å². The van der Waals surface area contributed by atoms with Crippen molar-refractivity contribution >= 4 is 11.9 Å². The van der Waals surface area contributed by atoms with E-state index in [1.165, 1.54) is 5.56 Å². The van der Waals surface area contributed by atoms with E-state index in [0.717, 1.165) is 25.9 Å². The maximum atomic E-state index is 5.53. The Bertz CT molecular complexity index is 704. The van der Waals surface area contributed by atoms with E-state index in [1.807, 2.05) is 18.2 Å². The van der Waals surface area contributed by atoms with E-state index in [2.05, 4.69) is 44.2 Å². The highest BCUT2D eigenvalue weighted by Crippen LogP contribution is 2.18. The van der Waals surface area contributed by atoms with Crippen molar-refractivity contribution in [2.24, 2.45) is 5.73 Å². The zero-order valence-electron chi connectivity index (χ0n) is 18.0. The Labute approximate surface area is 179 Å². The average molecular weight is 419 g/mol.